The summed E-state index contributed by atoms with van der Waals surface area (Å²) in [5.74, 6) is 3.18. The molecule has 0 aliphatic heterocycles. The molecule has 1 unspecified atom stereocenters. The summed E-state index contributed by atoms with van der Waals surface area (Å²) >= 11 is 12.8. The molecular formula is C20H22Cl2NOP. The van der Waals surface area contributed by atoms with Crippen LogP contribution in [0, 0.1) is 0 Å². The van der Waals surface area contributed by atoms with E-state index in [9.17, 15) is 4.57 Å². The Morgan fingerprint density at radius 2 is 1.36 bits per heavy atom. The van der Waals surface area contributed by atoms with E-state index in [1.165, 1.54) is 0 Å². The first-order valence-corrected chi connectivity index (χ1v) is 10.9. The fraction of sp³-hybridized carbons (Fsp3) is 0.200. The Hall–Kier alpha value is -1.31. The van der Waals surface area contributed by atoms with Crippen LogP contribution in [0.5, 0.6) is 0 Å². The van der Waals surface area contributed by atoms with E-state index in [0.717, 1.165) is 24.0 Å². The number of unbranched alkanes of at least 4 members (excludes halogenated alkanes) is 1. The number of halogens is 2. The van der Waals surface area contributed by atoms with Crippen LogP contribution in [-0.4, -0.2) is 6.54 Å². The molecule has 2 nitrogen and oxygen atoms in total. The molecule has 0 aliphatic rings. The fourth-order valence-electron chi connectivity index (χ4n) is 2.24. The predicted molar refractivity (Wildman–Crippen MR) is 111 cm³/mol. The summed E-state index contributed by atoms with van der Waals surface area (Å²) in [5.41, 5.74) is 1.65. The zero-order chi connectivity index (χ0) is 18.1. The van der Waals surface area contributed by atoms with Crippen LogP contribution >= 0.6 is 30.5 Å². The Labute approximate surface area is 160 Å². The summed E-state index contributed by atoms with van der Waals surface area (Å²) in [4.78, 5) is 0. The molecule has 0 saturated heterocycles. The highest BCUT2D eigenvalue weighted by Gasteiger charge is 2.18. The smallest absolute Gasteiger partial charge is 0.193 e. The highest BCUT2D eigenvalue weighted by molar-refractivity contribution is 7.68. The van der Waals surface area contributed by atoms with Crippen LogP contribution in [0.2, 0.25) is 0 Å². The molecule has 0 aromatic heterocycles. The average Bonchev–Trinajstić information content (AvgIpc) is 2.63. The Bertz CT molecular complexity index is 713. The van der Waals surface area contributed by atoms with Crippen molar-refractivity contribution in [2.45, 2.75) is 19.8 Å². The van der Waals surface area contributed by atoms with E-state index in [1.54, 1.807) is 11.6 Å². The zero-order valence-corrected chi connectivity index (χ0v) is 16.6. The molecule has 0 bridgehead atoms. The van der Waals surface area contributed by atoms with Crippen LogP contribution in [0.3, 0.4) is 0 Å². The van der Waals surface area contributed by atoms with Gasteiger partial charge in [-0.15, -0.1) is 0 Å². The molecule has 0 fully saturated rings. The Balaban J connectivity index is 2.35. The van der Waals surface area contributed by atoms with Crippen molar-refractivity contribution in [1.29, 1.82) is 0 Å². The minimum atomic E-state index is -3.03. The second kappa shape index (κ2) is 9.99. The molecule has 0 radical (unpaired) electrons. The molecule has 0 heterocycles. The number of hydrogen-bond acceptors (Lipinski definition) is 1. The molecule has 0 spiro atoms. The molecular weight excluding hydrogens is 372 g/mol. The van der Waals surface area contributed by atoms with Crippen LogP contribution < -0.4 is 5.09 Å². The van der Waals surface area contributed by atoms with Gasteiger partial charge in [0.15, 0.2) is 7.29 Å². The van der Waals surface area contributed by atoms with Crippen molar-refractivity contribution < 1.29 is 4.57 Å². The maximum absolute atomic E-state index is 13.4. The van der Waals surface area contributed by atoms with Gasteiger partial charge in [0.1, 0.15) is 0 Å². The number of nitrogens with one attached hydrogen (secondary N) is 1. The maximum atomic E-state index is 13.4. The van der Waals surface area contributed by atoms with Gasteiger partial charge in [-0.25, -0.2) is 0 Å². The quantitative estimate of drug-likeness (QED) is 0.381. The second-order valence-corrected chi connectivity index (χ2v) is 8.72. The van der Waals surface area contributed by atoms with Gasteiger partial charge in [-0.05, 0) is 17.5 Å². The first-order chi connectivity index (χ1) is 12.0. The summed E-state index contributed by atoms with van der Waals surface area (Å²) in [7, 11) is -3.03. The minimum absolute atomic E-state index is 0.446. The normalized spacial score (nSPS) is 15.0. The third-order valence-corrected chi connectivity index (χ3v) is 6.56. The van der Waals surface area contributed by atoms with Gasteiger partial charge in [-0.2, -0.15) is 0 Å². The minimum Gasteiger partial charge on any atom is -0.298 e. The van der Waals surface area contributed by atoms with Crippen LogP contribution in [0.4, 0.5) is 0 Å². The first kappa shape index (κ1) is 20.0. The SMILES string of the molecule is CCCCNP(=O)(/C=C(\Cl)c1ccccc1)/C=C(/Cl)c1ccccc1. The Kier molecular flexibility index (Phi) is 7.99. The lowest BCUT2D eigenvalue weighted by Gasteiger charge is -2.14. The molecule has 0 aliphatic carbocycles. The lowest BCUT2D eigenvalue weighted by molar-refractivity contribution is 0.575. The lowest BCUT2D eigenvalue weighted by atomic mass is 10.2. The largest absolute Gasteiger partial charge is 0.298 e. The molecule has 1 atom stereocenters. The monoisotopic (exact) mass is 393 g/mol. The highest BCUT2D eigenvalue weighted by Crippen LogP contribution is 2.50. The third-order valence-electron chi connectivity index (χ3n) is 3.60. The Morgan fingerprint density at radius 3 is 1.76 bits per heavy atom. The summed E-state index contributed by atoms with van der Waals surface area (Å²) in [6.45, 7) is 2.73. The van der Waals surface area contributed by atoms with Gasteiger partial charge in [-0.1, -0.05) is 97.2 Å². The van der Waals surface area contributed by atoms with Crippen LogP contribution in [-0.2, 0) is 4.57 Å². The van der Waals surface area contributed by atoms with E-state index in [4.69, 9.17) is 23.2 Å². The molecule has 0 saturated carbocycles. The maximum Gasteiger partial charge on any atom is 0.193 e. The van der Waals surface area contributed by atoms with Crippen molar-refractivity contribution in [2.75, 3.05) is 6.54 Å². The molecule has 2 aromatic rings. The van der Waals surface area contributed by atoms with Crippen LogP contribution in [0.1, 0.15) is 30.9 Å². The second-order valence-electron chi connectivity index (χ2n) is 5.66. The van der Waals surface area contributed by atoms with Crippen molar-refractivity contribution in [3.05, 3.63) is 83.4 Å². The third kappa shape index (κ3) is 6.49. The Morgan fingerprint density at radius 1 is 0.920 bits per heavy atom. The molecule has 2 rings (SSSR count). The van der Waals surface area contributed by atoms with E-state index < -0.39 is 7.29 Å². The van der Waals surface area contributed by atoms with Gasteiger partial charge < -0.3 is 0 Å². The van der Waals surface area contributed by atoms with Gasteiger partial charge in [0, 0.05) is 18.2 Å². The summed E-state index contributed by atoms with van der Waals surface area (Å²) in [6, 6.07) is 19.0. The van der Waals surface area contributed by atoms with Gasteiger partial charge in [0.2, 0.25) is 0 Å². The van der Waals surface area contributed by atoms with Crippen molar-refractivity contribution >= 4 is 40.6 Å². The van der Waals surface area contributed by atoms with Crippen molar-refractivity contribution in [3.8, 4) is 0 Å². The zero-order valence-electron chi connectivity index (χ0n) is 14.2. The van der Waals surface area contributed by atoms with E-state index in [0.29, 0.717) is 16.6 Å². The van der Waals surface area contributed by atoms with Crippen molar-refractivity contribution in [3.63, 3.8) is 0 Å². The molecule has 2 aromatic carbocycles. The van der Waals surface area contributed by atoms with Gasteiger partial charge in [-0.3, -0.25) is 9.65 Å². The molecule has 5 heteroatoms. The standard InChI is InChI=1S/C20H22Cl2NOP/c1-2-3-14-23-25(24,15-19(21)17-10-6-4-7-11-17)16-20(22)18-12-8-5-9-13-18/h4-13,15-16H,2-3,14H2,1H3,(H,23,24)/b19-15-,20-16+. The van der Waals surface area contributed by atoms with Crippen molar-refractivity contribution in [1.82, 2.24) is 5.09 Å². The van der Waals surface area contributed by atoms with E-state index >= 15 is 0 Å². The van der Waals surface area contributed by atoms with E-state index in [2.05, 4.69) is 12.0 Å². The van der Waals surface area contributed by atoms with Crippen LogP contribution in [0.15, 0.2) is 72.3 Å². The lowest BCUT2D eigenvalue weighted by Crippen LogP contribution is -2.09. The highest BCUT2D eigenvalue weighted by atomic mass is 35.5. The van der Waals surface area contributed by atoms with Gasteiger partial charge >= 0.3 is 0 Å². The topological polar surface area (TPSA) is 29.1 Å². The number of hydrogen-bond donors (Lipinski definition) is 1. The van der Waals surface area contributed by atoms with Gasteiger partial charge in [0.05, 0.1) is 10.1 Å². The van der Waals surface area contributed by atoms with Gasteiger partial charge in [0.25, 0.3) is 0 Å². The number of rotatable bonds is 8. The molecule has 25 heavy (non-hydrogen) atoms. The predicted octanol–water partition coefficient (Wildman–Crippen LogP) is 7.13. The number of benzene rings is 2. The van der Waals surface area contributed by atoms with E-state index in [1.807, 2.05) is 60.7 Å². The summed E-state index contributed by atoms with van der Waals surface area (Å²) in [6.07, 6.45) is 1.94. The summed E-state index contributed by atoms with van der Waals surface area (Å²) in [5, 5.41) is 4.02. The molecule has 0 amide bonds. The van der Waals surface area contributed by atoms with Crippen LogP contribution in [0.25, 0.3) is 10.1 Å². The molecule has 1 N–H and O–H groups in total. The average molecular weight is 394 g/mol. The van der Waals surface area contributed by atoms with Crippen molar-refractivity contribution in [2.24, 2.45) is 0 Å². The first-order valence-electron chi connectivity index (χ1n) is 8.26. The fourth-order valence-corrected chi connectivity index (χ4v) is 5.10. The summed E-state index contributed by atoms with van der Waals surface area (Å²) < 4.78 is 13.4. The molecule has 132 valence electrons. The van der Waals surface area contributed by atoms with E-state index in [-0.39, 0.29) is 0 Å².